The van der Waals surface area contributed by atoms with E-state index in [9.17, 15) is 8.42 Å². The van der Waals surface area contributed by atoms with Gasteiger partial charge in [0.2, 0.25) is 0 Å². The van der Waals surface area contributed by atoms with Crippen LogP contribution in [0, 0.1) is 18.3 Å². The maximum absolute atomic E-state index is 12.8. The Hall–Kier alpha value is -3.27. The van der Waals surface area contributed by atoms with Crippen LogP contribution in [0.25, 0.3) is 10.9 Å². The highest BCUT2D eigenvalue weighted by Crippen LogP contribution is 2.39. The molecule has 2 aliphatic heterocycles. The van der Waals surface area contributed by atoms with Crippen LogP contribution < -0.4 is 15.4 Å². The van der Waals surface area contributed by atoms with Gasteiger partial charge in [-0.15, -0.1) is 0 Å². The molecule has 2 fully saturated rings. The van der Waals surface area contributed by atoms with Crippen molar-refractivity contribution in [1.82, 2.24) is 29.2 Å². The first-order valence-electron chi connectivity index (χ1n) is 11.4. The molecule has 34 heavy (non-hydrogen) atoms. The van der Waals surface area contributed by atoms with Gasteiger partial charge in [-0.25, -0.2) is 9.71 Å². The third-order valence-corrected chi connectivity index (χ3v) is 8.09. The third kappa shape index (κ3) is 4.54. The van der Waals surface area contributed by atoms with Crippen molar-refractivity contribution >= 4 is 38.6 Å². The SMILES string of the molecule is Cc1cc(Nc2cc3ncccc3c(NC3C[C@H]4CC[C@@H](C3)N4S(=O)(=O)NCCC#N)n2)n[nH]1. The number of piperidine rings is 1. The predicted octanol–water partition coefficient (Wildman–Crippen LogP) is 2.56. The van der Waals surface area contributed by atoms with E-state index in [1.165, 1.54) is 0 Å². The number of aryl methyl sites for hydroxylation is 1. The van der Waals surface area contributed by atoms with Gasteiger partial charge in [-0.3, -0.25) is 10.1 Å². The Kier molecular flexibility index (Phi) is 6.07. The number of hydrogen-bond donors (Lipinski definition) is 4. The summed E-state index contributed by atoms with van der Waals surface area (Å²) in [6.45, 7) is 2.06. The molecule has 3 aromatic rings. The molecular formula is C22H27N9O2S. The summed E-state index contributed by atoms with van der Waals surface area (Å²) in [4.78, 5) is 9.29. The highest BCUT2D eigenvalue weighted by molar-refractivity contribution is 7.87. The van der Waals surface area contributed by atoms with Gasteiger partial charge in [-0.05, 0) is 44.7 Å². The van der Waals surface area contributed by atoms with Crippen LogP contribution in [-0.2, 0) is 10.2 Å². The second kappa shape index (κ2) is 9.17. The quantitative estimate of drug-likeness (QED) is 0.358. The predicted molar refractivity (Wildman–Crippen MR) is 129 cm³/mol. The van der Waals surface area contributed by atoms with Crippen molar-refractivity contribution in [3.8, 4) is 6.07 Å². The van der Waals surface area contributed by atoms with Crippen molar-refractivity contribution in [3.05, 3.63) is 36.2 Å². The summed E-state index contributed by atoms with van der Waals surface area (Å²) >= 11 is 0. The van der Waals surface area contributed by atoms with Gasteiger partial charge in [-0.2, -0.15) is 23.1 Å². The van der Waals surface area contributed by atoms with Crippen molar-refractivity contribution < 1.29 is 8.42 Å². The molecule has 1 unspecified atom stereocenters. The van der Waals surface area contributed by atoms with E-state index >= 15 is 0 Å². The van der Waals surface area contributed by atoms with E-state index < -0.39 is 10.2 Å². The van der Waals surface area contributed by atoms with E-state index in [0.29, 0.717) is 30.3 Å². The van der Waals surface area contributed by atoms with Gasteiger partial charge in [0.25, 0.3) is 10.2 Å². The Balaban J connectivity index is 1.35. The lowest BCUT2D eigenvalue weighted by Crippen LogP contribution is -2.53. The average Bonchev–Trinajstić information content (AvgIpc) is 3.34. The Bertz CT molecular complexity index is 1320. The van der Waals surface area contributed by atoms with E-state index in [1.54, 1.807) is 10.5 Å². The number of rotatable bonds is 8. The molecule has 2 aliphatic rings. The lowest BCUT2D eigenvalue weighted by Gasteiger charge is -2.38. The van der Waals surface area contributed by atoms with E-state index in [-0.39, 0.29) is 31.1 Å². The highest BCUT2D eigenvalue weighted by Gasteiger charge is 2.46. The molecule has 5 rings (SSSR count). The second-order valence-electron chi connectivity index (χ2n) is 8.82. The number of H-pyrrole nitrogens is 1. The largest absolute Gasteiger partial charge is 0.367 e. The normalized spacial score (nSPS) is 22.5. The molecule has 4 N–H and O–H groups in total. The van der Waals surface area contributed by atoms with Gasteiger partial charge >= 0.3 is 0 Å². The maximum Gasteiger partial charge on any atom is 0.279 e. The molecule has 2 saturated heterocycles. The zero-order chi connectivity index (χ0) is 23.7. The Morgan fingerprint density at radius 1 is 1.24 bits per heavy atom. The van der Waals surface area contributed by atoms with Gasteiger partial charge in [0.15, 0.2) is 5.82 Å². The molecular weight excluding hydrogens is 454 g/mol. The summed E-state index contributed by atoms with van der Waals surface area (Å²) in [6.07, 6.45) is 4.94. The number of fused-ring (bicyclic) bond motifs is 3. The lowest BCUT2D eigenvalue weighted by atomic mass is 9.99. The van der Waals surface area contributed by atoms with E-state index in [1.807, 2.05) is 37.3 Å². The first kappa shape index (κ1) is 22.5. The molecule has 0 spiro atoms. The van der Waals surface area contributed by atoms with Crippen LogP contribution in [0.1, 0.15) is 37.8 Å². The minimum absolute atomic E-state index is 0.0754. The van der Waals surface area contributed by atoms with Gasteiger partial charge in [0, 0.05) is 60.5 Å². The molecule has 0 radical (unpaired) electrons. The Morgan fingerprint density at radius 3 is 2.74 bits per heavy atom. The highest BCUT2D eigenvalue weighted by atomic mass is 32.2. The molecule has 11 nitrogen and oxygen atoms in total. The van der Waals surface area contributed by atoms with Crippen LogP contribution in [0.15, 0.2) is 30.5 Å². The fourth-order valence-electron chi connectivity index (χ4n) is 5.01. The molecule has 0 aromatic carbocycles. The Labute approximate surface area is 198 Å². The second-order valence-corrected chi connectivity index (χ2v) is 10.5. The number of pyridine rings is 2. The molecule has 2 bridgehead atoms. The van der Waals surface area contributed by atoms with E-state index in [2.05, 4.69) is 30.5 Å². The summed E-state index contributed by atoms with van der Waals surface area (Å²) < 4.78 is 29.8. The molecule has 0 amide bonds. The summed E-state index contributed by atoms with van der Waals surface area (Å²) in [7, 11) is -3.60. The number of hydrogen-bond acceptors (Lipinski definition) is 8. The molecule has 12 heteroatoms. The zero-order valence-corrected chi connectivity index (χ0v) is 19.6. The molecule has 0 saturated carbocycles. The van der Waals surface area contributed by atoms with Crippen molar-refractivity contribution in [2.45, 2.75) is 57.2 Å². The first-order chi connectivity index (χ1) is 16.4. The summed E-state index contributed by atoms with van der Waals surface area (Å²) in [5.41, 5.74) is 1.75. The average molecular weight is 482 g/mol. The van der Waals surface area contributed by atoms with Crippen LogP contribution >= 0.6 is 0 Å². The third-order valence-electron chi connectivity index (χ3n) is 6.37. The summed E-state index contributed by atoms with van der Waals surface area (Å²) in [5, 5.41) is 23.6. The molecule has 3 atom stereocenters. The zero-order valence-electron chi connectivity index (χ0n) is 18.8. The number of nitrogens with zero attached hydrogens (tertiary/aromatic N) is 5. The fraction of sp³-hybridized carbons (Fsp3) is 0.455. The molecule has 3 aromatic heterocycles. The van der Waals surface area contributed by atoms with E-state index in [4.69, 9.17) is 10.2 Å². The van der Waals surface area contributed by atoms with Gasteiger partial charge in [-0.1, -0.05) is 0 Å². The van der Waals surface area contributed by atoms with Crippen LogP contribution in [0.4, 0.5) is 17.5 Å². The Morgan fingerprint density at radius 2 is 2.03 bits per heavy atom. The minimum atomic E-state index is -3.60. The molecule has 0 aliphatic carbocycles. The van der Waals surface area contributed by atoms with Gasteiger partial charge < -0.3 is 10.6 Å². The minimum Gasteiger partial charge on any atom is -0.367 e. The first-order valence-corrected chi connectivity index (χ1v) is 12.8. The van der Waals surface area contributed by atoms with Gasteiger partial charge in [0.05, 0.1) is 11.6 Å². The molecule has 5 heterocycles. The number of nitrogens with one attached hydrogen (secondary N) is 4. The van der Waals surface area contributed by atoms with Crippen molar-refractivity contribution in [3.63, 3.8) is 0 Å². The van der Waals surface area contributed by atoms with Crippen LogP contribution in [0.2, 0.25) is 0 Å². The van der Waals surface area contributed by atoms with Crippen LogP contribution in [0.3, 0.4) is 0 Å². The number of aromatic amines is 1. The fourth-order valence-corrected chi connectivity index (χ4v) is 6.69. The monoisotopic (exact) mass is 481 g/mol. The topological polar surface area (TPSA) is 152 Å². The van der Waals surface area contributed by atoms with Gasteiger partial charge in [0.1, 0.15) is 11.6 Å². The maximum atomic E-state index is 12.8. The van der Waals surface area contributed by atoms with Crippen LogP contribution in [-0.4, -0.2) is 57.6 Å². The number of nitriles is 1. The standard InChI is InChI=1S/C22H27N9O2S/c1-14-10-21(30-29-14)27-20-13-19-18(4-2-8-24-19)22(28-20)26-15-11-16-5-6-17(12-15)31(16)34(32,33)25-9-3-7-23/h2,4,8,10,13,15-17,25H,3,5-6,9,11-12H2,1H3,(H3,26,27,28,29,30)/t15?,16-,17+. The summed E-state index contributed by atoms with van der Waals surface area (Å²) in [5.74, 6) is 2.02. The number of aromatic nitrogens is 4. The van der Waals surface area contributed by atoms with Crippen molar-refractivity contribution in [2.24, 2.45) is 0 Å². The lowest BCUT2D eigenvalue weighted by molar-refractivity contribution is 0.232. The number of anilines is 3. The smallest absolute Gasteiger partial charge is 0.279 e. The summed E-state index contributed by atoms with van der Waals surface area (Å²) in [6, 6.07) is 9.55. The molecule has 178 valence electrons. The van der Waals surface area contributed by atoms with Crippen LogP contribution in [0.5, 0.6) is 0 Å². The van der Waals surface area contributed by atoms with Crippen molar-refractivity contribution in [2.75, 3.05) is 17.2 Å². The van der Waals surface area contributed by atoms with E-state index in [0.717, 1.165) is 29.4 Å². The van der Waals surface area contributed by atoms with Crippen molar-refractivity contribution in [1.29, 1.82) is 5.26 Å².